The molecule has 0 spiro atoms. The van der Waals surface area contributed by atoms with Gasteiger partial charge >= 0.3 is 0 Å². The highest BCUT2D eigenvalue weighted by molar-refractivity contribution is 7.22. The summed E-state index contributed by atoms with van der Waals surface area (Å²) in [5, 5.41) is 7.27. The van der Waals surface area contributed by atoms with E-state index in [4.69, 9.17) is 4.98 Å². The minimum atomic E-state index is -0.188. The lowest BCUT2D eigenvalue weighted by molar-refractivity contribution is -0.129. The van der Waals surface area contributed by atoms with E-state index in [0.29, 0.717) is 5.13 Å². The first-order chi connectivity index (χ1) is 18.0. The molecule has 6 aliphatic rings. The molecular weight excluding hydrogens is 478 g/mol. The largest absolute Gasteiger partial charge is 0.326 e. The van der Waals surface area contributed by atoms with Crippen LogP contribution >= 0.6 is 11.3 Å². The summed E-state index contributed by atoms with van der Waals surface area (Å²) in [5.41, 5.74) is 1.40. The molecule has 1 aromatic heterocycles. The zero-order valence-corrected chi connectivity index (χ0v) is 22.6. The zero-order chi connectivity index (χ0) is 24.8. The van der Waals surface area contributed by atoms with E-state index >= 15 is 0 Å². The number of hydrogen-bond donors (Lipinski definition) is 2. The van der Waals surface area contributed by atoms with Crippen LogP contribution in [0.1, 0.15) is 89.9 Å². The van der Waals surface area contributed by atoms with Gasteiger partial charge in [0, 0.05) is 5.69 Å². The van der Waals surface area contributed by atoms with Crippen LogP contribution in [0.15, 0.2) is 18.2 Å². The Morgan fingerprint density at radius 2 is 1.38 bits per heavy atom. The maximum absolute atomic E-state index is 13.7. The molecule has 6 bridgehead atoms. The van der Waals surface area contributed by atoms with Crippen LogP contribution in [0, 0.1) is 46.3 Å². The molecule has 6 aliphatic carbocycles. The molecule has 2 N–H and O–H groups in total. The molecule has 6 fully saturated rings. The van der Waals surface area contributed by atoms with Crippen LogP contribution in [0.25, 0.3) is 10.2 Å². The minimum Gasteiger partial charge on any atom is -0.326 e. The van der Waals surface area contributed by atoms with E-state index in [0.717, 1.165) is 89.9 Å². The Kier molecular flexibility index (Phi) is 5.14. The van der Waals surface area contributed by atoms with Crippen molar-refractivity contribution in [3.8, 4) is 0 Å². The van der Waals surface area contributed by atoms with Crippen molar-refractivity contribution < 1.29 is 9.59 Å². The molecule has 1 aromatic carbocycles. The predicted octanol–water partition coefficient (Wildman–Crippen LogP) is 7.39. The number of nitrogens with zero attached hydrogens (tertiary/aromatic N) is 1. The number of anilines is 2. The third kappa shape index (κ3) is 3.71. The van der Waals surface area contributed by atoms with Crippen LogP contribution in [0.4, 0.5) is 10.8 Å². The van der Waals surface area contributed by atoms with Gasteiger partial charge in [0.15, 0.2) is 5.13 Å². The second-order valence-electron chi connectivity index (χ2n) is 14.0. The van der Waals surface area contributed by atoms with E-state index in [9.17, 15) is 9.59 Å². The number of rotatable bonds is 4. The number of hydrogen-bond acceptors (Lipinski definition) is 4. The highest BCUT2D eigenvalue weighted by Gasteiger charge is 2.54. The molecule has 8 unspecified atom stereocenters. The monoisotopic (exact) mass is 517 g/mol. The quantitative estimate of drug-likeness (QED) is 0.444. The van der Waals surface area contributed by atoms with Crippen molar-refractivity contribution in [2.75, 3.05) is 10.6 Å². The van der Waals surface area contributed by atoms with Gasteiger partial charge in [0.05, 0.1) is 21.0 Å². The minimum absolute atomic E-state index is 0.170. The maximum atomic E-state index is 13.7. The van der Waals surface area contributed by atoms with E-state index in [1.54, 1.807) is 11.3 Å². The van der Waals surface area contributed by atoms with Crippen molar-refractivity contribution in [1.82, 2.24) is 4.98 Å². The van der Waals surface area contributed by atoms with Gasteiger partial charge in [0.25, 0.3) is 0 Å². The summed E-state index contributed by atoms with van der Waals surface area (Å²) in [6.45, 7) is 0. The standard InChI is InChI=1S/C31H39N3O2S/c35-27(30-7-1-3-20-9-18(14-30)11-22(20)16-30)32-24-5-6-25-26(13-24)37-29(33-25)34-28(36)31-8-2-4-21-10-19(15-31)12-23(21)17-31/h5-6,13,18-23H,1-4,7-12,14-17H2,(H,32,35)(H,33,34,36). The molecule has 196 valence electrons. The predicted molar refractivity (Wildman–Crippen MR) is 147 cm³/mol. The van der Waals surface area contributed by atoms with E-state index in [1.165, 1.54) is 51.4 Å². The van der Waals surface area contributed by atoms with Crippen LogP contribution in [-0.2, 0) is 9.59 Å². The SMILES string of the molecule is O=C(Nc1ccc2nc(NC(=O)C34CCCC5CC(CC5C3)C4)sc2c1)C12CCCC3CC(CC3C1)C2. The Labute approximate surface area is 223 Å². The first-order valence-electron chi connectivity index (χ1n) is 15.0. The molecule has 8 rings (SSSR count). The average molecular weight is 518 g/mol. The van der Waals surface area contributed by atoms with Crippen LogP contribution in [0.2, 0.25) is 0 Å². The van der Waals surface area contributed by atoms with E-state index in [-0.39, 0.29) is 22.6 Å². The fraction of sp³-hybridized carbons (Fsp3) is 0.710. The van der Waals surface area contributed by atoms with Crippen molar-refractivity contribution in [3.05, 3.63) is 18.2 Å². The summed E-state index contributed by atoms with van der Waals surface area (Å²) in [7, 11) is 0. The van der Waals surface area contributed by atoms with Crippen LogP contribution in [0.3, 0.4) is 0 Å². The smallest absolute Gasteiger partial charge is 0.232 e. The van der Waals surface area contributed by atoms with Crippen LogP contribution < -0.4 is 10.6 Å². The highest BCUT2D eigenvalue weighted by atomic mass is 32.1. The molecular formula is C31H39N3O2S. The van der Waals surface area contributed by atoms with Gasteiger partial charge in [-0.2, -0.15) is 0 Å². The number of fused-ring (bicyclic) bond motifs is 5. The van der Waals surface area contributed by atoms with Gasteiger partial charge in [0.1, 0.15) is 0 Å². The van der Waals surface area contributed by atoms with Gasteiger partial charge in [-0.1, -0.05) is 37.0 Å². The van der Waals surface area contributed by atoms with Crippen LogP contribution in [-0.4, -0.2) is 16.8 Å². The van der Waals surface area contributed by atoms with Crippen LogP contribution in [0.5, 0.6) is 0 Å². The number of carbonyl (C=O) groups is 2. The first kappa shape index (κ1) is 23.0. The first-order valence-corrected chi connectivity index (χ1v) is 15.8. The number of amides is 2. The number of thiazole rings is 1. The Morgan fingerprint density at radius 1 is 0.784 bits per heavy atom. The second kappa shape index (κ2) is 8.27. The molecule has 2 aromatic rings. The average Bonchev–Trinajstić information content (AvgIpc) is 3.43. The Morgan fingerprint density at radius 3 is 2.03 bits per heavy atom. The normalized spacial score (nSPS) is 41.5. The van der Waals surface area contributed by atoms with Gasteiger partial charge in [-0.05, 0) is 118 Å². The number of carbonyl (C=O) groups excluding carboxylic acids is 2. The van der Waals surface area contributed by atoms with Crippen molar-refractivity contribution >= 4 is 44.2 Å². The van der Waals surface area contributed by atoms with Crippen molar-refractivity contribution in [2.45, 2.75) is 89.9 Å². The third-order valence-corrected chi connectivity index (χ3v) is 12.8. The van der Waals surface area contributed by atoms with Gasteiger partial charge in [0.2, 0.25) is 11.8 Å². The van der Waals surface area contributed by atoms with Crippen molar-refractivity contribution in [1.29, 1.82) is 0 Å². The fourth-order valence-corrected chi connectivity index (χ4v) is 11.4. The highest BCUT2D eigenvalue weighted by Crippen LogP contribution is 2.60. The van der Waals surface area contributed by atoms with E-state index < -0.39 is 0 Å². The lowest BCUT2D eigenvalue weighted by Gasteiger charge is -2.38. The third-order valence-electron chi connectivity index (χ3n) is 11.8. The summed E-state index contributed by atoms with van der Waals surface area (Å²) in [6.07, 6.45) is 16.8. The lowest BCUT2D eigenvalue weighted by Crippen LogP contribution is -2.40. The molecule has 0 saturated heterocycles. The van der Waals surface area contributed by atoms with Gasteiger partial charge in [-0.15, -0.1) is 0 Å². The molecule has 2 amide bonds. The summed E-state index contributed by atoms with van der Waals surface area (Å²) < 4.78 is 1.03. The Balaban J connectivity index is 0.996. The molecule has 8 atom stereocenters. The van der Waals surface area contributed by atoms with Gasteiger partial charge < -0.3 is 10.6 Å². The maximum Gasteiger partial charge on any atom is 0.232 e. The summed E-state index contributed by atoms with van der Waals surface area (Å²) >= 11 is 1.54. The zero-order valence-electron chi connectivity index (χ0n) is 21.8. The topological polar surface area (TPSA) is 71.1 Å². The molecule has 0 radical (unpaired) electrons. The summed E-state index contributed by atoms with van der Waals surface area (Å²) in [4.78, 5) is 32.1. The molecule has 1 heterocycles. The van der Waals surface area contributed by atoms with Gasteiger partial charge in [-0.3, -0.25) is 9.59 Å². The number of benzene rings is 1. The fourth-order valence-electron chi connectivity index (χ4n) is 10.5. The van der Waals surface area contributed by atoms with E-state index in [1.807, 2.05) is 12.1 Å². The van der Waals surface area contributed by atoms with Crippen molar-refractivity contribution in [3.63, 3.8) is 0 Å². The Hall–Kier alpha value is -1.95. The summed E-state index contributed by atoms with van der Waals surface area (Å²) in [5.74, 6) is 5.19. The number of aromatic nitrogens is 1. The molecule has 5 nitrogen and oxygen atoms in total. The molecule has 6 saturated carbocycles. The Bertz CT molecular complexity index is 1210. The molecule has 37 heavy (non-hydrogen) atoms. The summed E-state index contributed by atoms with van der Waals surface area (Å²) in [6, 6.07) is 6.05. The van der Waals surface area contributed by atoms with Gasteiger partial charge in [-0.25, -0.2) is 4.98 Å². The lowest BCUT2D eigenvalue weighted by atomic mass is 9.67. The molecule has 0 aliphatic heterocycles. The number of nitrogens with one attached hydrogen (secondary N) is 2. The molecule has 6 heteroatoms. The van der Waals surface area contributed by atoms with E-state index in [2.05, 4.69) is 16.7 Å². The van der Waals surface area contributed by atoms with Crippen molar-refractivity contribution in [2.24, 2.45) is 46.3 Å². The second-order valence-corrected chi connectivity index (χ2v) is 15.0.